The van der Waals surface area contributed by atoms with Crippen LogP contribution in [0, 0.1) is 0 Å². The summed E-state index contributed by atoms with van der Waals surface area (Å²) in [4.78, 5) is 11.8. The van der Waals surface area contributed by atoms with Crippen LogP contribution >= 0.6 is 23.4 Å². The van der Waals surface area contributed by atoms with Crippen LogP contribution in [0.3, 0.4) is 0 Å². The normalized spacial score (nSPS) is 17.3. The molecule has 0 saturated carbocycles. The molecule has 1 atom stereocenters. The smallest absolute Gasteiger partial charge is 0.277 e. The van der Waals surface area contributed by atoms with Crippen LogP contribution in [0.1, 0.15) is 12.8 Å². The molecule has 2 heterocycles. The van der Waals surface area contributed by atoms with Crippen LogP contribution in [0.4, 0.5) is 0 Å². The summed E-state index contributed by atoms with van der Waals surface area (Å²) in [6.07, 6.45) is 2.19. The molecule has 1 aliphatic heterocycles. The van der Waals surface area contributed by atoms with Gasteiger partial charge in [0.05, 0.1) is 22.4 Å². The van der Waals surface area contributed by atoms with Crippen LogP contribution in [-0.2, 0) is 9.53 Å². The molecule has 1 amide bonds. The Bertz CT molecular complexity index is 673. The molecule has 6 nitrogen and oxygen atoms in total. The van der Waals surface area contributed by atoms with E-state index in [2.05, 4.69) is 15.5 Å². The molecule has 23 heavy (non-hydrogen) atoms. The third-order valence-electron chi connectivity index (χ3n) is 3.39. The SMILES string of the molecule is O=C(CSc1nnc(-c2ccccc2Cl)o1)NCC1CCCO1. The molecule has 1 N–H and O–H groups in total. The maximum Gasteiger partial charge on any atom is 0.277 e. The predicted molar refractivity (Wildman–Crippen MR) is 87.5 cm³/mol. The lowest BCUT2D eigenvalue weighted by atomic mass is 10.2. The number of halogens is 1. The number of nitrogens with one attached hydrogen (secondary N) is 1. The summed E-state index contributed by atoms with van der Waals surface area (Å²) in [7, 11) is 0. The predicted octanol–water partition coefficient (Wildman–Crippen LogP) is 2.78. The average molecular weight is 354 g/mol. The van der Waals surface area contributed by atoms with E-state index in [1.165, 1.54) is 11.8 Å². The molecule has 3 rings (SSSR count). The molecule has 0 aliphatic carbocycles. The van der Waals surface area contributed by atoms with E-state index in [4.69, 9.17) is 20.8 Å². The van der Waals surface area contributed by atoms with Crippen molar-refractivity contribution in [2.24, 2.45) is 0 Å². The first-order valence-electron chi connectivity index (χ1n) is 7.32. The van der Waals surface area contributed by atoms with Crippen molar-refractivity contribution in [2.75, 3.05) is 18.9 Å². The van der Waals surface area contributed by atoms with Gasteiger partial charge in [0.25, 0.3) is 5.22 Å². The number of benzene rings is 1. The number of thioether (sulfide) groups is 1. The molecular formula is C15H16ClN3O3S. The maximum atomic E-state index is 11.8. The minimum Gasteiger partial charge on any atom is -0.411 e. The van der Waals surface area contributed by atoms with Gasteiger partial charge in [-0.2, -0.15) is 0 Å². The third kappa shape index (κ3) is 4.46. The lowest BCUT2D eigenvalue weighted by molar-refractivity contribution is -0.119. The third-order valence-corrected chi connectivity index (χ3v) is 4.54. The molecule has 1 unspecified atom stereocenters. The Morgan fingerprint density at radius 2 is 2.26 bits per heavy atom. The lowest BCUT2D eigenvalue weighted by Gasteiger charge is -2.09. The first-order valence-corrected chi connectivity index (χ1v) is 8.68. The Morgan fingerprint density at radius 3 is 3.04 bits per heavy atom. The van der Waals surface area contributed by atoms with Crippen LogP contribution in [0.5, 0.6) is 0 Å². The molecular weight excluding hydrogens is 338 g/mol. The number of carbonyl (C=O) groups excluding carboxylic acids is 1. The fraction of sp³-hybridized carbons (Fsp3) is 0.400. The van der Waals surface area contributed by atoms with Crippen molar-refractivity contribution >= 4 is 29.3 Å². The Morgan fingerprint density at radius 1 is 1.39 bits per heavy atom. The number of carbonyl (C=O) groups is 1. The van der Waals surface area contributed by atoms with Gasteiger partial charge in [0.2, 0.25) is 11.8 Å². The molecule has 0 spiro atoms. The Balaban J connectivity index is 1.49. The van der Waals surface area contributed by atoms with Gasteiger partial charge in [-0.15, -0.1) is 10.2 Å². The molecule has 8 heteroatoms. The molecule has 1 aromatic carbocycles. The summed E-state index contributed by atoms with van der Waals surface area (Å²) >= 11 is 7.28. The molecule has 1 aromatic heterocycles. The zero-order chi connectivity index (χ0) is 16.1. The van der Waals surface area contributed by atoms with Gasteiger partial charge in [-0.05, 0) is 25.0 Å². The van der Waals surface area contributed by atoms with Gasteiger partial charge in [-0.3, -0.25) is 4.79 Å². The van der Waals surface area contributed by atoms with E-state index in [0.717, 1.165) is 19.4 Å². The molecule has 0 radical (unpaired) electrons. The largest absolute Gasteiger partial charge is 0.411 e. The highest BCUT2D eigenvalue weighted by Gasteiger charge is 2.17. The van der Waals surface area contributed by atoms with Crippen molar-refractivity contribution in [1.29, 1.82) is 0 Å². The van der Waals surface area contributed by atoms with Crippen LogP contribution in [0.25, 0.3) is 11.5 Å². The average Bonchev–Trinajstić information content (AvgIpc) is 3.23. The number of aromatic nitrogens is 2. The first-order chi connectivity index (χ1) is 11.2. The molecule has 1 fully saturated rings. The number of nitrogens with zero attached hydrogens (tertiary/aromatic N) is 2. The van der Waals surface area contributed by atoms with Crippen molar-refractivity contribution in [3.8, 4) is 11.5 Å². The van der Waals surface area contributed by atoms with Crippen molar-refractivity contribution in [3.63, 3.8) is 0 Å². The fourth-order valence-electron chi connectivity index (χ4n) is 2.22. The van der Waals surface area contributed by atoms with Crippen LogP contribution in [0.15, 0.2) is 33.9 Å². The van der Waals surface area contributed by atoms with Crippen molar-refractivity contribution in [2.45, 2.75) is 24.2 Å². The van der Waals surface area contributed by atoms with E-state index >= 15 is 0 Å². The molecule has 1 aliphatic rings. The van der Waals surface area contributed by atoms with Crippen LogP contribution in [0.2, 0.25) is 5.02 Å². The number of ether oxygens (including phenoxy) is 1. The summed E-state index contributed by atoms with van der Waals surface area (Å²) in [5.74, 6) is 0.484. The zero-order valence-corrected chi connectivity index (χ0v) is 13.9. The number of amides is 1. The second kappa shape index (κ2) is 7.81. The number of rotatable bonds is 6. The topological polar surface area (TPSA) is 77.2 Å². The van der Waals surface area contributed by atoms with E-state index in [9.17, 15) is 4.79 Å². The Kier molecular flexibility index (Phi) is 5.53. The van der Waals surface area contributed by atoms with Crippen molar-refractivity contribution in [1.82, 2.24) is 15.5 Å². The summed E-state index contributed by atoms with van der Waals surface area (Å²) in [5, 5.41) is 11.6. The van der Waals surface area contributed by atoms with Crippen molar-refractivity contribution in [3.05, 3.63) is 29.3 Å². The highest BCUT2D eigenvalue weighted by atomic mass is 35.5. The zero-order valence-electron chi connectivity index (χ0n) is 12.3. The van der Waals surface area contributed by atoms with Gasteiger partial charge >= 0.3 is 0 Å². The van der Waals surface area contributed by atoms with Gasteiger partial charge in [-0.1, -0.05) is 35.5 Å². The van der Waals surface area contributed by atoms with Gasteiger partial charge < -0.3 is 14.5 Å². The standard InChI is InChI=1S/C15H16ClN3O3S/c16-12-6-2-1-5-11(12)14-18-19-15(22-14)23-9-13(20)17-8-10-4-3-7-21-10/h1-2,5-6,10H,3-4,7-9H2,(H,17,20). The second-order valence-electron chi connectivity index (χ2n) is 5.08. The first kappa shape index (κ1) is 16.3. The van der Waals surface area contributed by atoms with Gasteiger partial charge in [0.15, 0.2) is 0 Å². The summed E-state index contributed by atoms with van der Waals surface area (Å²) in [5.41, 5.74) is 0.677. The van der Waals surface area contributed by atoms with Gasteiger partial charge in [0.1, 0.15) is 0 Å². The molecule has 1 saturated heterocycles. The van der Waals surface area contributed by atoms with Gasteiger partial charge in [-0.25, -0.2) is 0 Å². The molecule has 122 valence electrons. The lowest BCUT2D eigenvalue weighted by Crippen LogP contribution is -2.32. The Labute approximate surface area is 142 Å². The van der Waals surface area contributed by atoms with E-state index < -0.39 is 0 Å². The number of hydrogen-bond acceptors (Lipinski definition) is 6. The van der Waals surface area contributed by atoms with Crippen LogP contribution in [-0.4, -0.2) is 41.1 Å². The summed E-state index contributed by atoms with van der Waals surface area (Å²) in [6.45, 7) is 1.33. The summed E-state index contributed by atoms with van der Waals surface area (Å²) in [6, 6.07) is 7.23. The highest BCUT2D eigenvalue weighted by Crippen LogP contribution is 2.28. The Hall–Kier alpha value is -1.57. The number of hydrogen-bond donors (Lipinski definition) is 1. The van der Waals surface area contributed by atoms with Gasteiger partial charge in [0, 0.05) is 13.2 Å². The van der Waals surface area contributed by atoms with Crippen LogP contribution < -0.4 is 5.32 Å². The maximum absolute atomic E-state index is 11.8. The van der Waals surface area contributed by atoms with E-state index in [0.29, 0.717) is 28.2 Å². The van der Waals surface area contributed by atoms with E-state index in [1.54, 1.807) is 12.1 Å². The second-order valence-corrected chi connectivity index (χ2v) is 6.41. The monoisotopic (exact) mass is 353 g/mol. The quantitative estimate of drug-likeness (QED) is 0.805. The minimum absolute atomic E-state index is 0.0806. The summed E-state index contributed by atoms with van der Waals surface area (Å²) < 4.78 is 11.0. The fourth-order valence-corrected chi connectivity index (χ4v) is 3.03. The van der Waals surface area contributed by atoms with E-state index in [-0.39, 0.29) is 17.8 Å². The van der Waals surface area contributed by atoms with E-state index in [1.807, 2.05) is 12.1 Å². The minimum atomic E-state index is -0.0806. The van der Waals surface area contributed by atoms with Crippen molar-refractivity contribution < 1.29 is 13.9 Å². The highest BCUT2D eigenvalue weighted by molar-refractivity contribution is 7.99. The molecule has 0 bridgehead atoms. The molecule has 2 aromatic rings.